The first kappa shape index (κ1) is 12.6. The highest BCUT2D eigenvalue weighted by molar-refractivity contribution is 9.10. The lowest BCUT2D eigenvalue weighted by Crippen LogP contribution is -2.12. The minimum Gasteiger partial charge on any atom is -0.506 e. The molecule has 0 bridgehead atoms. The van der Waals surface area contributed by atoms with Crippen molar-refractivity contribution in [3.63, 3.8) is 0 Å². The van der Waals surface area contributed by atoms with Crippen molar-refractivity contribution in [3.8, 4) is 5.75 Å². The third-order valence-electron chi connectivity index (χ3n) is 2.42. The highest BCUT2D eigenvalue weighted by Gasteiger charge is 2.08. The molecule has 0 unspecified atom stereocenters. The van der Waals surface area contributed by atoms with Crippen molar-refractivity contribution in [2.45, 2.75) is 6.92 Å². The molecule has 0 aliphatic heterocycles. The SMILES string of the molecule is Cc1ccc(NC(=O)c2cncc(O)c2)cc1Br. The van der Waals surface area contributed by atoms with E-state index in [4.69, 9.17) is 0 Å². The van der Waals surface area contributed by atoms with E-state index in [1.165, 1.54) is 18.5 Å². The van der Waals surface area contributed by atoms with Gasteiger partial charge in [-0.2, -0.15) is 0 Å². The standard InChI is InChI=1S/C13H11BrN2O2/c1-8-2-3-10(5-12(8)14)16-13(18)9-4-11(17)7-15-6-9/h2-7,17H,1H3,(H,16,18). The molecule has 0 aliphatic rings. The molecule has 2 aromatic rings. The van der Waals surface area contributed by atoms with E-state index in [1.54, 1.807) is 0 Å². The Morgan fingerprint density at radius 3 is 2.78 bits per heavy atom. The number of carbonyl (C=O) groups is 1. The maximum Gasteiger partial charge on any atom is 0.257 e. The number of rotatable bonds is 2. The van der Waals surface area contributed by atoms with Gasteiger partial charge in [0.05, 0.1) is 11.8 Å². The number of halogens is 1. The molecule has 0 saturated carbocycles. The smallest absolute Gasteiger partial charge is 0.257 e. The Morgan fingerprint density at radius 1 is 1.33 bits per heavy atom. The lowest BCUT2D eigenvalue weighted by Gasteiger charge is -2.07. The Hall–Kier alpha value is -1.88. The second-order valence-electron chi connectivity index (χ2n) is 3.85. The molecule has 4 nitrogen and oxygen atoms in total. The van der Waals surface area contributed by atoms with Gasteiger partial charge in [0.2, 0.25) is 0 Å². The van der Waals surface area contributed by atoms with Crippen molar-refractivity contribution in [3.05, 3.63) is 52.3 Å². The fourth-order valence-electron chi connectivity index (χ4n) is 1.43. The van der Waals surface area contributed by atoms with Gasteiger partial charge >= 0.3 is 0 Å². The zero-order valence-electron chi connectivity index (χ0n) is 9.64. The molecule has 0 fully saturated rings. The van der Waals surface area contributed by atoms with E-state index in [0.29, 0.717) is 11.3 Å². The fourth-order valence-corrected chi connectivity index (χ4v) is 1.80. The molecule has 0 radical (unpaired) electrons. The van der Waals surface area contributed by atoms with Crippen LogP contribution in [0.15, 0.2) is 41.1 Å². The molecule has 0 atom stereocenters. The largest absolute Gasteiger partial charge is 0.506 e. The van der Waals surface area contributed by atoms with Crippen molar-refractivity contribution in [2.75, 3.05) is 5.32 Å². The van der Waals surface area contributed by atoms with Crippen LogP contribution in [0.3, 0.4) is 0 Å². The minimum atomic E-state index is -0.311. The number of nitrogens with zero attached hydrogens (tertiary/aromatic N) is 1. The van der Waals surface area contributed by atoms with Gasteiger partial charge in [-0.25, -0.2) is 0 Å². The van der Waals surface area contributed by atoms with Gasteiger partial charge < -0.3 is 10.4 Å². The average Bonchev–Trinajstić information content (AvgIpc) is 2.34. The lowest BCUT2D eigenvalue weighted by molar-refractivity contribution is 0.102. The van der Waals surface area contributed by atoms with Crippen LogP contribution >= 0.6 is 15.9 Å². The number of aromatic hydroxyl groups is 1. The number of benzene rings is 1. The van der Waals surface area contributed by atoms with E-state index in [1.807, 2.05) is 25.1 Å². The molecule has 1 heterocycles. The van der Waals surface area contributed by atoms with Gasteiger partial charge in [-0.1, -0.05) is 22.0 Å². The van der Waals surface area contributed by atoms with Crippen LogP contribution in [0.25, 0.3) is 0 Å². The minimum absolute atomic E-state index is 0.0345. The van der Waals surface area contributed by atoms with Crippen LogP contribution in [0.1, 0.15) is 15.9 Å². The summed E-state index contributed by atoms with van der Waals surface area (Å²) >= 11 is 3.40. The van der Waals surface area contributed by atoms with Gasteiger partial charge in [0, 0.05) is 16.4 Å². The number of amides is 1. The highest BCUT2D eigenvalue weighted by atomic mass is 79.9. The van der Waals surface area contributed by atoms with Crippen molar-refractivity contribution >= 4 is 27.5 Å². The zero-order chi connectivity index (χ0) is 13.1. The number of carbonyl (C=O) groups excluding carboxylic acids is 1. The van der Waals surface area contributed by atoms with Gasteiger partial charge in [0.25, 0.3) is 5.91 Å². The number of nitrogens with one attached hydrogen (secondary N) is 1. The van der Waals surface area contributed by atoms with Crippen LogP contribution in [-0.2, 0) is 0 Å². The zero-order valence-corrected chi connectivity index (χ0v) is 11.2. The molecular weight excluding hydrogens is 296 g/mol. The summed E-state index contributed by atoms with van der Waals surface area (Å²) < 4.78 is 0.925. The van der Waals surface area contributed by atoms with Crippen molar-refractivity contribution in [2.24, 2.45) is 0 Å². The Bertz CT molecular complexity index is 599. The van der Waals surface area contributed by atoms with E-state index in [-0.39, 0.29) is 11.7 Å². The van der Waals surface area contributed by atoms with E-state index in [0.717, 1.165) is 10.0 Å². The van der Waals surface area contributed by atoms with E-state index in [9.17, 15) is 9.90 Å². The summed E-state index contributed by atoms with van der Waals surface area (Å²) in [4.78, 5) is 15.6. The van der Waals surface area contributed by atoms with Crippen molar-refractivity contribution in [1.82, 2.24) is 4.98 Å². The second kappa shape index (κ2) is 5.18. The van der Waals surface area contributed by atoms with Crippen LogP contribution in [0.2, 0.25) is 0 Å². The van der Waals surface area contributed by atoms with Crippen LogP contribution in [0, 0.1) is 6.92 Å². The molecule has 0 aliphatic carbocycles. The van der Waals surface area contributed by atoms with Crippen LogP contribution in [-0.4, -0.2) is 16.0 Å². The second-order valence-corrected chi connectivity index (χ2v) is 4.70. The Balaban J connectivity index is 2.18. The Labute approximate surface area is 113 Å². The van der Waals surface area contributed by atoms with Gasteiger partial charge in [-0.3, -0.25) is 9.78 Å². The molecule has 1 aromatic heterocycles. The van der Waals surface area contributed by atoms with E-state index < -0.39 is 0 Å². The quantitative estimate of drug-likeness (QED) is 0.896. The molecule has 0 saturated heterocycles. The monoisotopic (exact) mass is 306 g/mol. The molecule has 1 amide bonds. The highest BCUT2D eigenvalue weighted by Crippen LogP contribution is 2.21. The molecule has 1 aromatic carbocycles. The molecular formula is C13H11BrN2O2. The molecule has 18 heavy (non-hydrogen) atoms. The summed E-state index contributed by atoms with van der Waals surface area (Å²) in [5, 5.41) is 12.0. The Morgan fingerprint density at radius 2 is 2.11 bits per heavy atom. The normalized spacial score (nSPS) is 10.1. The first-order chi connectivity index (χ1) is 8.56. The van der Waals surface area contributed by atoms with Crippen LogP contribution in [0.4, 0.5) is 5.69 Å². The van der Waals surface area contributed by atoms with Gasteiger partial charge in [0.15, 0.2) is 0 Å². The summed E-state index contributed by atoms with van der Waals surface area (Å²) in [5.74, 6) is -0.345. The first-order valence-electron chi connectivity index (χ1n) is 5.28. The number of hydrogen-bond donors (Lipinski definition) is 2. The lowest BCUT2D eigenvalue weighted by atomic mass is 10.2. The molecule has 2 N–H and O–H groups in total. The summed E-state index contributed by atoms with van der Waals surface area (Å²) in [6.45, 7) is 1.97. The molecule has 2 rings (SSSR count). The molecule has 0 spiro atoms. The molecule has 5 heteroatoms. The van der Waals surface area contributed by atoms with Gasteiger partial charge in [0.1, 0.15) is 5.75 Å². The average molecular weight is 307 g/mol. The number of pyridine rings is 1. The summed E-state index contributed by atoms with van der Waals surface area (Å²) in [7, 11) is 0. The van der Waals surface area contributed by atoms with Crippen molar-refractivity contribution < 1.29 is 9.90 Å². The summed E-state index contributed by atoms with van der Waals surface area (Å²) in [6, 6.07) is 6.91. The predicted octanol–water partition coefficient (Wildman–Crippen LogP) is 3.11. The topological polar surface area (TPSA) is 62.2 Å². The summed E-state index contributed by atoms with van der Waals surface area (Å²) in [6.07, 6.45) is 2.68. The van der Waals surface area contributed by atoms with Gasteiger partial charge in [-0.15, -0.1) is 0 Å². The first-order valence-corrected chi connectivity index (χ1v) is 6.07. The van der Waals surface area contributed by atoms with Gasteiger partial charge in [-0.05, 0) is 30.7 Å². The molecule has 92 valence electrons. The predicted molar refractivity (Wildman–Crippen MR) is 72.7 cm³/mol. The van der Waals surface area contributed by atoms with E-state index >= 15 is 0 Å². The van der Waals surface area contributed by atoms with Crippen molar-refractivity contribution in [1.29, 1.82) is 0 Å². The third-order valence-corrected chi connectivity index (χ3v) is 3.27. The van der Waals surface area contributed by atoms with Crippen LogP contribution in [0.5, 0.6) is 5.75 Å². The fraction of sp³-hybridized carbons (Fsp3) is 0.0769. The number of aryl methyl sites for hydroxylation is 1. The van der Waals surface area contributed by atoms with E-state index in [2.05, 4.69) is 26.2 Å². The number of anilines is 1. The Kier molecular flexibility index (Phi) is 3.62. The third kappa shape index (κ3) is 2.87. The number of aromatic nitrogens is 1. The maximum absolute atomic E-state index is 11.9. The van der Waals surface area contributed by atoms with Crippen LogP contribution < -0.4 is 5.32 Å². The maximum atomic E-state index is 11.9. The summed E-state index contributed by atoms with van der Waals surface area (Å²) in [5.41, 5.74) is 2.08. The number of hydrogen-bond acceptors (Lipinski definition) is 3.